The number of halogens is 2. The molecule has 2 aliphatic rings. The Kier molecular flexibility index (Phi) is 5.14. The molecule has 26 heavy (non-hydrogen) atoms. The van der Waals surface area contributed by atoms with Crippen LogP contribution in [-0.2, 0) is 4.74 Å². The van der Waals surface area contributed by atoms with Gasteiger partial charge in [-0.05, 0) is 24.6 Å². The molecule has 0 bridgehead atoms. The number of rotatable bonds is 3. The van der Waals surface area contributed by atoms with Crippen LogP contribution in [0.1, 0.15) is 17.2 Å². The minimum absolute atomic E-state index is 0.0843. The van der Waals surface area contributed by atoms with Crippen molar-refractivity contribution in [3.63, 3.8) is 0 Å². The molecular weight excluding hydrogens is 371 g/mol. The molecule has 2 aromatic rings. The van der Waals surface area contributed by atoms with Crippen molar-refractivity contribution in [1.82, 2.24) is 4.90 Å². The van der Waals surface area contributed by atoms with Crippen molar-refractivity contribution in [3.05, 3.63) is 63.6 Å². The minimum atomic E-state index is -0.110. The Hall–Kier alpha value is -1.66. The fourth-order valence-electron chi connectivity index (χ4n) is 3.44. The maximum absolute atomic E-state index is 6.46. The lowest BCUT2D eigenvalue weighted by atomic mass is 10.0. The van der Waals surface area contributed by atoms with Gasteiger partial charge in [0, 0.05) is 13.1 Å². The summed E-state index contributed by atoms with van der Waals surface area (Å²) in [5.41, 5.74) is 3.05. The van der Waals surface area contributed by atoms with Crippen LogP contribution in [0.15, 0.2) is 52.8 Å². The van der Waals surface area contributed by atoms with Crippen molar-refractivity contribution >= 4 is 28.9 Å². The number of morpholine rings is 1. The highest BCUT2D eigenvalue weighted by atomic mass is 35.5. The van der Waals surface area contributed by atoms with Gasteiger partial charge in [-0.25, -0.2) is 5.01 Å². The van der Waals surface area contributed by atoms with Crippen LogP contribution < -0.4 is 5.01 Å². The van der Waals surface area contributed by atoms with E-state index in [2.05, 4.69) is 46.4 Å². The van der Waals surface area contributed by atoms with Gasteiger partial charge in [-0.2, -0.15) is 5.11 Å². The zero-order valence-electron chi connectivity index (χ0n) is 14.5. The Balaban J connectivity index is 1.74. The molecule has 0 N–H and O–H groups in total. The highest BCUT2D eigenvalue weighted by Gasteiger charge is 2.41. The summed E-state index contributed by atoms with van der Waals surface area (Å²) in [4.78, 5) is 2.34. The molecule has 2 unspecified atom stereocenters. The highest BCUT2D eigenvalue weighted by Crippen LogP contribution is 2.42. The van der Waals surface area contributed by atoms with Gasteiger partial charge in [0.1, 0.15) is 17.9 Å². The predicted octanol–water partition coefficient (Wildman–Crippen LogP) is 4.89. The third kappa shape index (κ3) is 3.32. The number of para-hydroxylation sites is 1. The van der Waals surface area contributed by atoms with E-state index >= 15 is 0 Å². The van der Waals surface area contributed by atoms with Crippen LogP contribution in [0.3, 0.4) is 0 Å². The van der Waals surface area contributed by atoms with Gasteiger partial charge in [-0.1, -0.05) is 64.3 Å². The van der Waals surface area contributed by atoms with Crippen molar-refractivity contribution in [2.45, 2.75) is 19.1 Å². The summed E-state index contributed by atoms with van der Waals surface area (Å²) in [6.07, 6.45) is -0.0843. The average molecular weight is 391 g/mol. The molecule has 136 valence electrons. The topological polar surface area (TPSA) is 40.4 Å². The first-order valence-corrected chi connectivity index (χ1v) is 9.43. The van der Waals surface area contributed by atoms with Crippen LogP contribution in [0.4, 0.5) is 5.69 Å². The molecule has 0 aliphatic carbocycles. The van der Waals surface area contributed by atoms with E-state index in [-0.39, 0.29) is 12.2 Å². The Morgan fingerprint density at radius 2 is 1.65 bits per heavy atom. The SMILES string of the molecule is Cc1ccc(C2N=NN(c3c(Cl)cccc3Cl)C2N2CCOCC2)cc1. The lowest BCUT2D eigenvalue weighted by Crippen LogP contribution is -2.51. The van der Waals surface area contributed by atoms with Crippen LogP contribution in [0.2, 0.25) is 10.0 Å². The van der Waals surface area contributed by atoms with Gasteiger partial charge < -0.3 is 4.74 Å². The molecular formula is C19H20Cl2N4O. The Labute approximate surface area is 163 Å². The zero-order chi connectivity index (χ0) is 18.1. The number of anilines is 1. The average Bonchev–Trinajstić information content (AvgIpc) is 3.07. The second-order valence-electron chi connectivity index (χ2n) is 6.54. The van der Waals surface area contributed by atoms with E-state index in [0.717, 1.165) is 18.7 Å². The summed E-state index contributed by atoms with van der Waals surface area (Å²) in [5, 5.41) is 12.1. The highest BCUT2D eigenvalue weighted by molar-refractivity contribution is 6.39. The Morgan fingerprint density at radius 1 is 1.00 bits per heavy atom. The van der Waals surface area contributed by atoms with E-state index in [9.17, 15) is 0 Å². The van der Waals surface area contributed by atoms with Crippen LogP contribution >= 0.6 is 23.2 Å². The molecule has 1 saturated heterocycles. The maximum Gasteiger partial charge on any atom is 0.135 e. The number of nitrogens with zero attached hydrogens (tertiary/aromatic N) is 4. The first-order valence-electron chi connectivity index (χ1n) is 8.67. The van der Waals surface area contributed by atoms with Crippen molar-refractivity contribution in [3.8, 4) is 0 Å². The molecule has 5 nitrogen and oxygen atoms in total. The number of hydrogen-bond acceptors (Lipinski definition) is 5. The predicted molar refractivity (Wildman–Crippen MR) is 104 cm³/mol. The van der Waals surface area contributed by atoms with E-state index in [1.165, 1.54) is 5.56 Å². The van der Waals surface area contributed by atoms with Crippen molar-refractivity contribution < 1.29 is 4.74 Å². The molecule has 1 fully saturated rings. The fraction of sp³-hybridized carbons (Fsp3) is 0.368. The molecule has 0 amide bonds. The van der Waals surface area contributed by atoms with Gasteiger partial charge in [0.2, 0.25) is 0 Å². The van der Waals surface area contributed by atoms with Crippen molar-refractivity contribution in [2.75, 3.05) is 31.3 Å². The number of hydrogen-bond donors (Lipinski definition) is 0. The van der Waals surface area contributed by atoms with Crippen LogP contribution in [0, 0.1) is 6.92 Å². The fourth-order valence-corrected chi connectivity index (χ4v) is 4.01. The standard InChI is InChI=1S/C19H20Cl2N4O/c1-13-5-7-14(8-6-13)17-19(24-9-11-26-12-10-24)25(23-22-17)18-15(20)3-2-4-16(18)21/h2-8,17,19H,9-12H2,1H3. The lowest BCUT2D eigenvalue weighted by molar-refractivity contribution is 0.0140. The summed E-state index contributed by atoms with van der Waals surface area (Å²) >= 11 is 12.9. The maximum atomic E-state index is 6.46. The van der Waals surface area contributed by atoms with E-state index < -0.39 is 0 Å². The Bertz CT molecular complexity index is 785. The lowest BCUT2D eigenvalue weighted by Gasteiger charge is -2.38. The number of aryl methyl sites for hydroxylation is 1. The first-order chi connectivity index (χ1) is 12.6. The van der Waals surface area contributed by atoms with Gasteiger partial charge in [0.15, 0.2) is 0 Å². The summed E-state index contributed by atoms with van der Waals surface area (Å²) < 4.78 is 5.53. The third-order valence-corrected chi connectivity index (χ3v) is 5.42. The first kappa shape index (κ1) is 17.7. The molecule has 0 spiro atoms. The van der Waals surface area contributed by atoms with Gasteiger partial charge in [0.05, 0.1) is 23.3 Å². The molecule has 4 rings (SSSR count). The summed E-state index contributed by atoms with van der Waals surface area (Å²) in [6.45, 7) is 5.10. The van der Waals surface area contributed by atoms with Gasteiger partial charge in [-0.3, -0.25) is 4.90 Å². The van der Waals surface area contributed by atoms with Crippen molar-refractivity contribution in [1.29, 1.82) is 0 Å². The van der Waals surface area contributed by atoms with E-state index in [4.69, 9.17) is 27.9 Å². The summed E-state index contributed by atoms with van der Waals surface area (Å²) in [7, 11) is 0. The second-order valence-corrected chi connectivity index (χ2v) is 7.35. The van der Waals surface area contributed by atoms with Crippen LogP contribution in [0.5, 0.6) is 0 Å². The van der Waals surface area contributed by atoms with E-state index in [0.29, 0.717) is 28.9 Å². The molecule has 2 aliphatic heterocycles. The molecule has 2 atom stereocenters. The molecule has 7 heteroatoms. The van der Waals surface area contributed by atoms with Crippen LogP contribution in [-0.4, -0.2) is 37.4 Å². The van der Waals surface area contributed by atoms with Crippen LogP contribution in [0.25, 0.3) is 0 Å². The summed E-state index contributed by atoms with van der Waals surface area (Å²) in [5.74, 6) is 0. The van der Waals surface area contributed by atoms with Gasteiger partial charge in [-0.15, -0.1) is 0 Å². The minimum Gasteiger partial charge on any atom is -0.379 e. The molecule has 2 heterocycles. The zero-order valence-corrected chi connectivity index (χ0v) is 16.0. The second kappa shape index (κ2) is 7.53. The van der Waals surface area contributed by atoms with Gasteiger partial charge in [0.25, 0.3) is 0 Å². The number of ether oxygens (including phenoxy) is 1. The van der Waals surface area contributed by atoms with Crippen molar-refractivity contribution in [2.24, 2.45) is 10.3 Å². The number of benzene rings is 2. The third-order valence-electron chi connectivity index (χ3n) is 4.81. The van der Waals surface area contributed by atoms with Gasteiger partial charge >= 0.3 is 0 Å². The monoisotopic (exact) mass is 390 g/mol. The molecule has 0 saturated carbocycles. The van der Waals surface area contributed by atoms with E-state index in [1.54, 1.807) is 0 Å². The Morgan fingerprint density at radius 3 is 2.31 bits per heavy atom. The molecule has 2 aromatic carbocycles. The van der Waals surface area contributed by atoms with E-state index in [1.807, 2.05) is 23.2 Å². The normalized spacial score (nSPS) is 23.6. The smallest absolute Gasteiger partial charge is 0.135 e. The molecule has 0 aromatic heterocycles. The summed E-state index contributed by atoms with van der Waals surface area (Å²) in [6, 6.07) is 13.8. The molecule has 0 radical (unpaired) electrons. The quantitative estimate of drug-likeness (QED) is 0.748. The largest absolute Gasteiger partial charge is 0.379 e.